The first-order valence-corrected chi connectivity index (χ1v) is 8.56. The molecule has 0 amide bonds. The summed E-state index contributed by atoms with van der Waals surface area (Å²) in [5.74, 6) is 0.606. The third kappa shape index (κ3) is 4.10. The van der Waals surface area contributed by atoms with Gasteiger partial charge in [0, 0.05) is 10.5 Å². The molecule has 2 aromatic rings. The highest BCUT2D eigenvalue weighted by molar-refractivity contribution is 7.99. The van der Waals surface area contributed by atoms with Crippen LogP contribution in [0, 0.1) is 0 Å². The summed E-state index contributed by atoms with van der Waals surface area (Å²) in [5.41, 5.74) is 1.71. The van der Waals surface area contributed by atoms with E-state index in [1.807, 2.05) is 18.2 Å². The van der Waals surface area contributed by atoms with Crippen LogP contribution >= 0.6 is 11.8 Å². The highest BCUT2D eigenvalue weighted by atomic mass is 32.2. The van der Waals surface area contributed by atoms with Crippen LogP contribution in [-0.2, 0) is 4.74 Å². The van der Waals surface area contributed by atoms with Crippen LogP contribution in [0.2, 0.25) is 0 Å². The summed E-state index contributed by atoms with van der Waals surface area (Å²) in [5, 5.41) is 10.6. The van der Waals surface area contributed by atoms with Crippen LogP contribution in [0.15, 0.2) is 29.2 Å². The van der Waals surface area contributed by atoms with Gasteiger partial charge in [0.15, 0.2) is 5.69 Å². The minimum absolute atomic E-state index is 0.239. The summed E-state index contributed by atoms with van der Waals surface area (Å²) in [4.78, 5) is 13.1. The van der Waals surface area contributed by atoms with Crippen molar-refractivity contribution in [1.29, 1.82) is 0 Å². The van der Waals surface area contributed by atoms with E-state index in [1.165, 1.54) is 19.3 Å². The van der Waals surface area contributed by atoms with E-state index < -0.39 is 5.97 Å². The van der Waals surface area contributed by atoms with E-state index in [0.717, 1.165) is 16.2 Å². The highest BCUT2D eigenvalue weighted by Crippen LogP contribution is 2.32. The van der Waals surface area contributed by atoms with E-state index in [4.69, 9.17) is 4.74 Å². The summed E-state index contributed by atoms with van der Waals surface area (Å²) in [6.07, 6.45) is 3.62. The lowest BCUT2D eigenvalue weighted by Gasteiger charge is -2.08. The van der Waals surface area contributed by atoms with Crippen molar-refractivity contribution in [2.75, 3.05) is 12.4 Å². The average molecular weight is 319 g/mol. The topological polar surface area (TPSA) is 67.9 Å². The molecule has 0 atom stereocenters. The van der Waals surface area contributed by atoms with Gasteiger partial charge in [-0.2, -0.15) is 10.3 Å². The van der Waals surface area contributed by atoms with Gasteiger partial charge in [-0.05, 0) is 25.2 Å². The number of hydrogen-bond acceptors (Lipinski definition) is 5. The van der Waals surface area contributed by atoms with E-state index in [9.17, 15) is 4.79 Å². The molecule has 22 heavy (non-hydrogen) atoms. The molecular weight excluding hydrogens is 298 g/mol. The van der Waals surface area contributed by atoms with E-state index in [1.54, 1.807) is 18.7 Å². The number of benzene rings is 1. The van der Waals surface area contributed by atoms with Gasteiger partial charge in [-0.1, -0.05) is 38.0 Å². The van der Waals surface area contributed by atoms with Gasteiger partial charge in [-0.15, -0.1) is 16.9 Å². The molecule has 1 aromatic heterocycles. The standard InChI is InChI=1S/C16H21N3O2S/c1-3-5-8-11-22-13-10-7-6-9-12(13)14-15(18-19-17-14)16(20)21-4-2/h6-7,9-10H,3-5,8,11H2,1-2H3,(H,17,18,19). The van der Waals surface area contributed by atoms with Gasteiger partial charge in [0.05, 0.1) is 6.61 Å². The Morgan fingerprint density at radius 2 is 2.05 bits per heavy atom. The molecule has 0 aliphatic heterocycles. The smallest absolute Gasteiger partial charge is 0.361 e. The lowest BCUT2D eigenvalue weighted by molar-refractivity contribution is 0.0520. The summed E-state index contributed by atoms with van der Waals surface area (Å²) in [6, 6.07) is 7.95. The van der Waals surface area contributed by atoms with Crippen LogP contribution in [0.4, 0.5) is 0 Å². The molecule has 0 spiro atoms. The van der Waals surface area contributed by atoms with E-state index in [0.29, 0.717) is 12.3 Å². The maximum absolute atomic E-state index is 12.0. The third-order valence-corrected chi connectivity index (χ3v) is 4.32. The first kappa shape index (κ1) is 16.5. The minimum atomic E-state index is -0.447. The molecule has 5 nitrogen and oxygen atoms in total. The number of thioether (sulfide) groups is 1. The minimum Gasteiger partial charge on any atom is -0.461 e. The lowest BCUT2D eigenvalue weighted by Crippen LogP contribution is -2.07. The fraction of sp³-hybridized carbons (Fsp3) is 0.438. The van der Waals surface area contributed by atoms with Gasteiger partial charge in [-0.25, -0.2) is 4.79 Å². The number of H-pyrrole nitrogens is 1. The van der Waals surface area contributed by atoms with Crippen LogP contribution in [0.5, 0.6) is 0 Å². The van der Waals surface area contributed by atoms with Crippen molar-refractivity contribution >= 4 is 17.7 Å². The summed E-state index contributed by atoms with van der Waals surface area (Å²) in [7, 11) is 0. The Morgan fingerprint density at radius 3 is 2.82 bits per heavy atom. The number of aromatic nitrogens is 3. The molecule has 0 aliphatic carbocycles. The van der Waals surface area contributed by atoms with Crippen LogP contribution in [0.25, 0.3) is 11.3 Å². The van der Waals surface area contributed by atoms with Gasteiger partial charge < -0.3 is 4.74 Å². The van der Waals surface area contributed by atoms with Crippen LogP contribution < -0.4 is 0 Å². The van der Waals surface area contributed by atoms with E-state index in [2.05, 4.69) is 28.4 Å². The Kier molecular flexibility index (Phi) is 6.45. The molecule has 0 unspecified atom stereocenters. The first-order valence-electron chi connectivity index (χ1n) is 7.58. The lowest BCUT2D eigenvalue weighted by atomic mass is 10.1. The molecule has 0 saturated carbocycles. The van der Waals surface area contributed by atoms with Crippen LogP contribution in [0.1, 0.15) is 43.6 Å². The second-order valence-electron chi connectivity index (χ2n) is 4.79. The maximum atomic E-state index is 12.0. The number of ether oxygens (including phenoxy) is 1. The molecule has 118 valence electrons. The third-order valence-electron chi connectivity index (χ3n) is 3.16. The molecule has 1 heterocycles. The number of nitrogens with zero attached hydrogens (tertiary/aromatic N) is 2. The normalized spacial score (nSPS) is 10.6. The largest absolute Gasteiger partial charge is 0.461 e. The monoisotopic (exact) mass is 319 g/mol. The number of rotatable bonds is 8. The summed E-state index contributed by atoms with van der Waals surface area (Å²) >= 11 is 1.79. The van der Waals surface area contributed by atoms with Crippen molar-refractivity contribution in [3.05, 3.63) is 30.0 Å². The SMILES string of the molecule is CCCCCSc1ccccc1-c1n[nH]nc1C(=O)OCC. The van der Waals surface area contributed by atoms with Crippen molar-refractivity contribution in [2.24, 2.45) is 0 Å². The Hall–Kier alpha value is -1.82. The highest BCUT2D eigenvalue weighted by Gasteiger charge is 2.20. The van der Waals surface area contributed by atoms with Gasteiger partial charge in [0.25, 0.3) is 0 Å². The van der Waals surface area contributed by atoms with Crippen LogP contribution in [0.3, 0.4) is 0 Å². The number of esters is 1. The van der Waals surface area contributed by atoms with Crippen molar-refractivity contribution in [1.82, 2.24) is 15.4 Å². The Labute approximate surface area is 134 Å². The molecule has 1 aromatic carbocycles. The second-order valence-corrected chi connectivity index (χ2v) is 5.93. The molecule has 2 rings (SSSR count). The molecule has 1 N–H and O–H groups in total. The molecule has 0 bridgehead atoms. The van der Waals surface area contributed by atoms with Gasteiger partial charge >= 0.3 is 5.97 Å². The number of carbonyl (C=O) groups is 1. The van der Waals surface area contributed by atoms with Crippen LogP contribution in [-0.4, -0.2) is 33.7 Å². The van der Waals surface area contributed by atoms with Crippen molar-refractivity contribution in [2.45, 2.75) is 38.0 Å². The fourth-order valence-electron chi connectivity index (χ4n) is 2.08. The fourth-order valence-corrected chi connectivity index (χ4v) is 3.15. The number of nitrogens with one attached hydrogen (secondary N) is 1. The molecule has 0 saturated heterocycles. The summed E-state index contributed by atoms with van der Waals surface area (Å²) in [6.45, 7) is 4.29. The maximum Gasteiger partial charge on any atom is 0.361 e. The van der Waals surface area contributed by atoms with Crippen molar-refractivity contribution in [3.63, 3.8) is 0 Å². The Bertz CT molecular complexity index is 613. The predicted molar refractivity (Wildman–Crippen MR) is 88.0 cm³/mol. The number of hydrogen-bond donors (Lipinski definition) is 1. The first-order chi connectivity index (χ1) is 10.8. The molecular formula is C16H21N3O2S. The zero-order chi connectivity index (χ0) is 15.8. The summed E-state index contributed by atoms with van der Waals surface area (Å²) < 4.78 is 5.03. The van der Waals surface area contributed by atoms with Gasteiger partial charge in [0.1, 0.15) is 5.69 Å². The van der Waals surface area contributed by atoms with Crippen molar-refractivity contribution < 1.29 is 9.53 Å². The van der Waals surface area contributed by atoms with Crippen molar-refractivity contribution in [3.8, 4) is 11.3 Å². The van der Waals surface area contributed by atoms with E-state index in [-0.39, 0.29) is 5.69 Å². The number of carbonyl (C=O) groups excluding carboxylic acids is 1. The predicted octanol–water partition coefficient (Wildman–Crippen LogP) is 3.93. The molecule has 6 heteroatoms. The molecule has 0 radical (unpaired) electrons. The Morgan fingerprint density at radius 1 is 1.23 bits per heavy atom. The molecule has 0 aliphatic rings. The number of aromatic amines is 1. The molecule has 0 fully saturated rings. The zero-order valence-electron chi connectivity index (χ0n) is 13.0. The quantitative estimate of drug-likeness (QED) is 0.453. The zero-order valence-corrected chi connectivity index (χ0v) is 13.8. The Balaban J connectivity index is 2.22. The number of unbranched alkanes of at least 4 members (excludes halogenated alkanes) is 2. The van der Waals surface area contributed by atoms with Gasteiger partial charge in [-0.3, -0.25) is 0 Å². The average Bonchev–Trinajstić information content (AvgIpc) is 3.02. The second kappa shape index (κ2) is 8.58. The van der Waals surface area contributed by atoms with Gasteiger partial charge in [0.2, 0.25) is 0 Å². The van der Waals surface area contributed by atoms with E-state index >= 15 is 0 Å².